The van der Waals surface area contributed by atoms with E-state index in [-0.39, 0.29) is 0 Å². The summed E-state index contributed by atoms with van der Waals surface area (Å²) in [6.45, 7) is 4.92. The van der Waals surface area contributed by atoms with Crippen LogP contribution in [0, 0.1) is 0 Å². The largest absolute Gasteiger partial charge is 0.347 e. The van der Waals surface area contributed by atoms with Gasteiger partial charge in [0.2, 0.25) is 0 Å². The van der Waals surface area contributed by atoms with Gasteiger partial charge in [0.15, 0.2) is 0 Å². The smallest absolute Gasteiger partial charge is 0.248 e. The van der Waals surface area contributed by atoms with Crippen LogP contribution in [0.15, 0.2) is 3.77 Å². The Balaban J connectivity index is 5.46. The van der Waals surface area contributed by atoms with E-state index in [0.717, 1.165) is 0 Å². The quantitative estimate of drug-likeness (QED) is 0.643. The highest BCUT2D eigenvalue weighted by Crippen LogP contribution is 2.18. The highest BCUT2D eigenvalue weighted by molar-refractivity contribution is 8.17. The summed E-state index contributed by atoms with van der Waals surface area (Å²) in [6, 6.07) is 0. The van der Waals surface area contributed by atoms with Gasteiger partial charge in [-0.2, -0.15) is 8.42 Å². The molecule has 0 bridgehead atoms. The molecule has 0 saturated heterocycles. The molecule has 0 aliphatic rings. The van der Waals surface area contributed by atoms with Gasteiger partial charge < -0.3 is 0 Å². The molecular formula is C5H12ClNO3S2. The molecule has 1 unspecified atom stereocenters. The average Bonchev–Trinajstić information content (AvgIpc) is 1.52. The Hall–Kier alpha value is 0.190. The Morgan fingerprint density at radius 2 is 1.50 bits per heavy atom. The molecule has 0 heterocycles. The third-order valence-corrected chi connectivity index (χ3v) is 6.00. The molecule has 7 heteroatoms. The molecule has 0 aliphatic heterocycles. The Kier molecular flexibility index (Phi) is 3.21. The lowest BCUT2D eigenvalue weighted by Gasteiger charge is -2.19. The van der Waals surface area contributed by atoms with Gasteiger partial charge in [0.25, 0.3) is 0 Å². The third kappa shape index (κ3) is 3.73. The van der Waals surface area contributed by atoms with Gasteiger partial charge in [-0.15, -0.1) is 0 Å². The Morgan fingerprint density at radius 3 is 1.58 bits per heavy atom. The van der Waals surface area contributed by atoms with E-state index < -0.39 is 23.7 Å². The van der Waals surface area contributed by atoms with Gasteiger partial charge in [0, 0.05) is 21.7 Å². The van der Waals surface area contributed by atoms with E-state index in [1.807, 2.05) is 0 Å². The molecule has 0 aromatic carbocycles. The van der Waals surface area contributed by atoms with Crippen LogP contribution in [0.25, 0.3) is 0 Å². The molecule has 1 atom stereocenters. The third-order valence-electron chi connectivity index (χ3n) is 1.37. The first-order valence-electron chi connectivity index (χ1n) is 3.13. The molecule has 0 radical (unpaired) electrons. The lowest BCUT2D eigenvalue weighted by Crippen LogP contribution is -2.26. The second-order valence-electron chi connectivity index (χ2n) is 3.40. The molecule has 0 fully saturated rings. The monoisotopic (exact) mass is 233 g/mol. The lowest BCUT2D eigenvalue weighted by molar-refractivity contribution is 0.609. The molecular weight excluding hydrogens is 222 g/mol. The maximum Gasteiger partial charge on any atom is 0.347 e. The molecule has 0 aliphatic carbocycles. The summed E-state index contributed by atoms with van der Waals surface area (Å²) in [4.78, 5) is 0. The molecule has 74 valence electrons. The first-order chi connectivity index (χ1) is 4.96. The standard InChI is InChI=1S/C5H12ClNO3S2/c1-5(2,3)11(4,8)7-12(6,9)10/h1-4H3. The van der Waals surface area contributed by atoms with Crippen LogP contribution in [-0.4, -0.2) is 23.6 Å². The van der Waals surface area contributed by atoms with E-state index in [1.165, 1.54) is 6.26 Å². The van der Waals surface area contributed by atoms with Crippen molar-refractivity contribution in [2.75, 3.05) is 6.26 Å². The minimum absolute atomic E-state index is 0.699. The summed E-state index contributed by atoms with van der Waals surface area (Å²) in [5, 5.41) is 0. The maximum atomic E-state index is 11.6. The van der Waals surface area contributed by atoms with Gasteiger partial charge in [0.1, 0.15) is 0 Å². The van der Waals surface area contributed by atoms with Crippen LogP contribution >= 0.6 is 10.7 Å². The molecule has 0 amide bonds. The molecule has 0 rings (SSSR count). The Morgan fingerprint density at radius 1 is 1.17 bits per heavy atom. The first kappa shape index (κ1) is 12.2. The van der Waals surface area contributed by atoms with Crippen molar-refractivity contribution in [3.8, 4) is 0 Å². The van der Waals surface area contributed by atoms with Crippen LogP contribution in [0.5, 0.6) is 0 Å². The highest BCUT2D eigenvalue weighted by atomic mass is 35.7. The van der Waals surface area contributed by atoms with Crippen LogP contribution in [0.3, 0.4) is 0 Å². The van der Waals surface area contributed by atoms with Gasteiger partial charge in [-0.3, -0.25) is 0 Å². The van der Waals surface area contributed by atoms with Crippen LogP contribution in [0.4, 0.5) is 0 Å². The zero-order chi connectivity index (χ0) is 10.2. The highest BCUT2D eigenvalue weighted by Gasteiger charge is 2.24. The molecule has 4 nitrogen and oxygen atoms in total. The summed E-state index contributed by atoms with van der Waals surface area (Å²) in [7, 11) is -1.99. The van der Waals surface area contributed by atoms with Crippen LogP contribution < -0.4 is 0 Å². The number of rotatable bonds is 1. The summed E-state index contributed by atoms with van der Waals surface area (Å²) >= 11 is 0. The summed E-state index contributed by atoms with van der Waals surface area (Å²) in [6.07, 6.45) is 1.27. The second-order valence-corrected chi connectivity index (χ2v) is 8.82. The number of nitrogens with zero attached hydrogens (tertiary/aromatic N) is 1. The van der Waals surface area contributed by atoms with Gasteiger partial charge in [-0.1, -0.05) is 3.77 Å². The maximum absolute atomic E-state index is 11.6. The van der Waals surface area contributed by atoms with Gasteiger partial charge in [-0.05, 0) is 20.8 Å². The van der Waals surface area contributed by atoms with Gasteiger partial charge in [-0.25, -0.2) is 4.21 Å². The van der Waals surface area contributed by atoms with E-state index in [0.29, 0.717) is 0 Å². The zero-order valence-corrected chi connectivity index (χ0v) is 9.76. The zero-order valence-electron chi connectivity index (χ0n) is 7.37. The summed E-state index contributed by atoms with van der Waals surface area (Å²) < 4.78 is 35.0. The van der Waals surface area contributed by atoms with Crippen LogP contribution in [-0.2, 0) is 19.0 Å². The van der Waals surface area contributed by atoms with E-state index in [1.54, 1.807) is 20.8 Å². The number of halogens is 1. The van der Waals surface area contributed by atoms with E-state index in [4.69, 9.17) is 10.7 Å². The Bertz CT molecular complexity index is 370. The van der Waals surface area contributed by atoms with E-state index in [2.05, 4.69) is 3.77 Å². The SMILES string of the molecule is CC(C)(C)S(C)(=O)=NS(=O)(=O)Cl. The molecule has 0 N–H and O–H groups in total. The van der Waals surface area contributed by atoms with Crippen LogP contribution in [0.2, 0.25) is 0 Å². The molecule has 0 spiro atoms. The van der Waals surface area contributed by atoms with Gasteiger partial charge in [0.05, 0.1) is 9.73 Å². The molecule has 12 heavy (non-hydrogen) atoms. The topological polar surface area (TPSA) is 63.6 Å². The van der Waals surface area contributed by atoms with E-state index in [9.17, 15) is 12.6 Å². The number of hydrogen-bond acceptors (Lipinski definition) is 3. The van der Waals surface area contributed by atoms with Gasteiger partial charge >= 0.3 is 9.24 Å². The first-order valence-corrected chi connectivity index (χ1v) is 7.32. The van der Waals surface area contributed by atoms with Crippen LogP contribution in [0.1, 0.15) is 20.8 Å². The fourth-order valence-electron chi connectivity index (χ4n) is 0.282. The number of hydrogen-bond donors (Lipinski definition) is 0. The van der Waals surface area contributed by atoms with Crippen molar-refractivity contribution >= 4 is 29.6 Å². The Labute approximate surface area is 78.0 Å². The van der Waals surface area contributed by atoms with Crippen molar-refractivity contribution in [3.63, 3.8) is 0 Å². The average molecular weight is 234 g/mol. The van der Waals surface area contributed by atoms with Crippen molar-refractivity contribution < 1.29 is 12.6 Å². The van der Waals surface area contributed by atoms with Crippen molar-refractivity contribution in [2.24, 2.45) is 3.77 Å². The lowest BCUT2D eigenvalue weighted by atomic mass is 10.3. The fourth-order valence-corrected chi connectivity index (χ4v) is 3.50. The summed E-state index contributed by atoms with van der Waals surface area (Å²) in [5.74, 6) is 0. The minimum Gasteiger partial charge on any atom is -0.248 e. The molecule has 0 saturated carbocycles. The summed E-state index contributed by atoms with van der Waals surface area (Å²) in [5.41, 5.74) is 0. The normalized spacial score (nSPS) is 18.4. The predicted molar refractivity (Wildman–Crippen MR) is 51.0 cm³/mol. The second kappa shape index (κ2) is 3.16. The van der Waals surface area contributed by atoms with E-state index >= 15 is 0 Å². The van der Waals surface area contributed by atoms with Crippen molar-refractivity contribution in [1.29, 1.82) is 0 Å². The van der Waals surface area contributed by atoms with Crippen molar-refractivity contribution in [3.05, 3.63) is 0 Å². The minimum atomic E-state index is -4.04. The molecule has 0 aromatic rings. The predicted octanol–water partition coefficient (Wildman–Crippen LogP) is 1.37. The fraction of sp³-hybridized carbons (Fsp3) is 1.00. The van der Waals surface area contributed by atoms with Crippen molar-refractivity contribution in [1.82, 2.24) is 0 Å². The van der Waals surface area contributed by atoms with Crippen molar-refractivity contribution in [2.45, 2.75) is 25.5 Å². The molecule has 0 aromatic heterocycles.